The van der Waals surface area contributed by atoms with E-state index in [9.17, 15) is 18.0 Å². The van der Waals surface area contributed by atoms with Crippen LogP contribution in [0.25, 0.3) is 0 Å². The zero-order valence-electron chi connectivity index (χ0n) is 12.7. The van der Waals surface area contributed by atoms with Crippen LogP contribution in [0.2, 0.25) is 0 Å². The van der Waals surface area contributed by atoms with Crippen molar-refractivity contribution in [3.05, 3.63) is 39.8 Å². The summed E-state index contributed by atoms with van der Waals surface area (Å²) in [5.41, 5.74) is 2.76. The maximum absolute atomic E-state index is 12.3. The summed E-state index contributed by atoms with van der Waals surface area (Å²) < 4.78 is 37.0. The molecular weight excluding hydrogens is 339 g/mol. The Hall–Kier alpha value is -2.09. The van der Waals surface area contributed by atoms with E-state index in [1.165, 1.54) is 6.20 Å². The minimum absolute atomic E-state index is 0.0244. The largest absolute Gasteiger partial charge is 0.395 e. The van der Waals surface area contributed by atoms with Crippen molar-refractivity contribution < 1.29 is 18.0 Å². The number of carbonyl (C=O) groups excluding carboxylic acids is 1. The lowest BCUT2D eigenvalue weighted by molar-refractivity contribution is -0.127. The Morgan fingerprint density at radius 2 is 2.12 bits per heavy atom. The highest BCUT2D eigenvalue weighted by Crippen LogP contribution is 2.27. The number of nitrogens with one attached hydrogen (secondary N) is 2. The van der Waals surface area contributed by atoms with Gasteiger partial charge in [0.1, 0.15) is 5.01 Å². The molecule has 4 nitrogen and oxygen atoms in total. The van der Waals surface area contributed by atoms with Crippen molar-refractivity contribution in [2.24, 2.45) is 0 Å². The number of fused-ring (bicyclic) bond motifs is 1. The van der Waals surface area contributed by atoms with Gasteiger partial charge in [-0.05, 0) is 36.6 Å². The van der Waals surface area contributed by atoms with Gasteiger partial charge in [0.05, 0.1) is 13.0 Å². The number of aromatic nitrogens is 1. The maximum Gasteiger partial charge on any atom is 0.395 e. The zero-order valence-corrected chi connectivity index (χ0v) is 13.6. The molecule has 128 valence electrons. The van der Waals surface area contributed by atoms with E-state index < -0.39 is 12.6 Å². The molecule has 1 aliphatic rings. The molecule has 24 heavy (non-hydrogen) atoms. The molecule has 0 aliphatic carbocycles. The van der Waals surface area contributed by atoms with Gasteiger partial charge in [0.2, 0.25) is 5.91 Å². The van der Waals surface area contributed by atoms with E-state index in [2.05, 4.69) is 15.6 Å². The molecule has 2 aromatic rings. The number of hydrogen-bond acceptors (Lipinski definition) is 4. The Bertz CT molecular complexity index is 742. The van der Waals surface area contributed by atoms with E-state index in [1.54, 1.807) is 0 Å². The van der Waals surface area contributed by atoms with Crippen molar-refractivity contribution in [2.75, 3.05) is 10.6 Å². The molecule has 8 heteroatoms. The number of rotatable bonds is 4. The third kappa shape index (κ3) is 4.47. The van der Waals surface area contributed by atoms with Gasteiger partial charge < -0.3 is 10.6 Å². The molecule has 1 amide bonds. The number of thiazole rings is 1. The minimum Gasteiger partial charge on any atom is -0.380 e. The van der Waals surface area contributed by atoms with Gasteiger partial charge in [-0.3, -0.25) is 4.79 Å². The second-order valence-corrected chi connectivity index (χ2v) is 6.84. The quantitative estimate of drug-likeness (QED) is 0.867. The van der Waals surface area contributed by atoms with Crippen LogP contribution in [0.1, 0.15) is 28.3 Å². The number of halogens is 3. The lowest BCUT2D eigenvalue weighted by Crippen LogP contribution is -2.10. The predicted octanol–water partition coefficient (Wildman–Crippen LogP) is 4.13. The summed E-state index contributed by atoms with van der Waals surface area (Å²) >= 11 is 1.06. The van der Waals surface area contributed by atoms with Gasteiger partial charge in [0.15, 0.2) is 0 Å². The Labute approximate surface area is 141 Å². The van der Waals surface area contributed by atoms with E-state index in [1.807, 2.05) is 18.2 Å². The topological polar surface area (TPSA) is 54.0 Å². The molecule has 1 aromatic carbocycles. The van der Waals surface area contributed by atoms with Crippen LogP contribution in [0, 0.1) is 0 Å². The van der Waals surface area contributed by atoms with Crippen molar-refractivity contribution in [1.29, 1.82) is 0 Å². The fourth-order valence-electron chi connectivity index (χ4n) is 2.56. The SMILES string of the molecule is O=C1CCCc2cc(NCc3cnc(CC(F)(F)F)s3)ccc2N1. The molecule has 0 spiro atoms. The smallest absolute Gasteiger partial charge is 0.380 e. The molecular formula is C16H16F3N3OS. The van der Waals surface area contributed by atoms with Crippen molar-refractivity contribution in [2.45, 2.75) is 38.4 Å². The fourth-order valence-corrected chi connectivity index (χ4v) is 3.45. The molecule has 0 unspecified atom stereocenters. The first-order valence-corrected chi connectivity index (χ1v) is 8.38. The summed E-state index contributed by atoms with van der Waals surface area (Å²) in [7, 11) is 0. The molecule has 1 aromatic heterocycles. The van der Waals surface area contributed by atoms with Crippen LogP contribution in [0.4, 0.5) is 24.5 Å². The van der Waals surface area contributed by atoms with E-state index in [0.717, 1.165) is 46.0 Å². The molecule has 0 radical (unpaired) electrons. The standard InChI is InChI=1S/C16H16F3N3OS/c17-16(18,19)7-15-21-9-12(24-15)8-20-11-4-5-13-10(6-11)2-1-3-14(23)22-13/h4-6,9,20H,1-3,7-8H2,(H,22,23). The van der Waals surface area contributed by atoms with Crippen LogP contribution in [0.3, 0.4) is 0 Å². The van der Waals surface area contributed by atoms with Crippen molar-refractivity contribution in [3.8, 4) is 0 Å². The number of amides is 1. The van der Waals surface area contributed by atoms with Crippen LogP contribution >= 0.6 is 11.3 Å². The molecule has 0 saturated carbocycles. The summed E-state index contributed by atoms with van der Waals surface area (Å²) in [5, 5.41) is 6.14. The summed E-state index contributed by atoms with van der Waals surface area (Å²) in [5.74, 6) is 0.0244. The van der Waals surface area contributed by atoms with Gasteiger partial charge in [0, 0.05) is 28.9 Å². The number of alkyl halides is 3. The number of nitrogens with zero attached hydrogens (tertiary/aromatic N) is 1. The van der Waals surface area contributed by atoms with Crippen LogP contribution in [0.15, 0.2) is 24.4 Å². The molecule has 2 N–H and O–H groups in total. The second kappa shape index (κ2) is 6.80. The van der Waals surface area contributed by atoms with Crippen LogP contribution in [0.5, 0.6) is 0 Å². The van der Waals surface area contributed by atoms with E-state index in [0.29, 0.717) is 13.0 Å². The Kier molecular flexibility index (Phi) is 4.75. The molecule has 0 saturated heterocycles. The number of benzene rings is 1. The van der Waals surface area contributed by atoms with Gasteiger partial charge in [-0.1, -0.05) is 0 Å². The molecule has 1 aliphatic heterocycles. The first-order valence-electron chi connectivity index (χ1n) is 7.56. The maximum atomic E-state index is 12.3. The van der Waals surface area contributed by atoms with Crippen LogP contribution < -0.4 is 10.6 Å². The first kappa shape index (κ1) is 16.8. The number of anilines is 2. The Morgan fingerprint density at radius 1 is 1.29 bits per heavy atom. The summed E-state index contributed by atoms with van der Waals surface area (Å²) in [4.78, 5) is 16.1. The number of aryl methyl sites for hydroxylation is 1. The second-order valence-electron chi connectivity index (χ2n) is 5.64. The number of carbonyl (C=O) groups is 1. The lowest BCUT2D eigenvalue weighted by Gasteiger charge is -2.10. The van der Waals surface area contributed by atoms with E-state index in [-0.39, 0.29) is 10.9 Å². The normalized spacial score (nSPS) is 14.7. The third-order valence-corrected chi connectivity index (χ3v) is 4.65. The van der Waals surface area contributed by atoms with Gasteiger partial charge in [-0.2, -0.15) is 13.2 Å². The van der Waals surface area contributed by atoms with Gasteiger partial charge >= 0.3 is 6.18 Å². The predicted molar refractivity (Wildman–Crippen MR) is 87.2 cm³/mol. The summed E-state index contributed by atoms with van der Waals surface area (Å²) in [6.45, 7) is 0.417. The highest BCUT2D eigenvalue weighted by Gasteiger charge is 2.29. The van der Waals surface area contributed by atoms with E-state index in [4.69, 9.17) is 0 Å². The highest BCUT2D eigenvalue weighted by atomic mass is 32.1. The lowest BCUT2D eigenvalue weighted by atomic mass is 10.1. The summed E-state index contributed by atoms with van der Waals surface area (Å²) in [6, 6.07) is 5.67. The molecule has 0 bridgehead atoms. The Balaban J connectivity index is 1.63. The average Bonchev–Trinajstić information content (AvgIpc) is 2.83. The van der Waals surface area contributed by atoms with Gasteiger partial charge in [-0.25, -0.2) is 4.98 Å². The van der Waals surface area contributed by atoms with Gasteiger partial charge in [-0.15, -0.1) is 11.3 Å². The number of hydrogen-bond donors (Lipinski definition) is 2. The molecule has 0 atom stereocenters. The van der Waals surface area contributed by atoms with Crippen molar-refractivity contribution in [1.82, 2.24) is 4.98 Å². The van der Waals surface area contributed by atoms with Gasteiger partial charge in [0.25, 0.3) is 0 Å². The first-order chi connectivity index (χ1) is 11.4. The van der Waals surface area contributed by atoms with E-state index >= 15 is 0 Å². The molecule has 0 fully saturated rings. The van der Waals surface area contributed by atoms with Crippen LogP contribution in [-0.4, -0.2) is 17.1 Å². The third-order valence-electron chi connectivity index (χ3n) is 3.65. The van der Waals surface area contributed by atoms with Crippen molar-refractivity contribution in [3.63, 3.8) is 0 Å². The highest BCUT2D eigenvalue weighted by molar-refractivity contribution is 7.11. The monoisotopic (exact) mass is 355 g/mol. The summed E-state index contributed by atoms with van der Waals surface area (Å²) in [6.07, 6.45) is -1.61. The van der Waals surface area contributed by atoms with Crippen molar-refractivity contribution >= 4 is 28.6 Å². The minimum atomic E-state index is -4.23. The fraction of sp³-hybridized carbons (Fsp3) is 0.375. The molecule has 2 heterocycles. The average molecular weight is 355 g/mol. The van der Waals surface area contributed by atoms with Crippen LogP contribution in [-0.2, 0) is 24.2 Å². The Morgan fingerprint density at radius 3 is 2.92 bits per heavy atom. The zero-order chi connectivity index (χ0) is 17.2. The molecule has 3 rings (SSSR count).